The lowest BCUT2D eigenvalue weighted by Crippen LogP contribution is -2.28. The quantitative estimate of drug-likeness (QED) is 0.0225. The molecule has 4 aromatic rings. The lowest BCUT2D eigenvalue weighted by molar-refractivity contribution is -0.438. The van der Waals surface area contributed by atoms with Crippen LogP contribution in [-0.2, 0) is 59.8 Å². The molecule has 0 bridgehead atoms. The van der Waals surface area contributed by atoms with Crippen LogP contribution in [0.3, 0.4) is 0 Å². The van der Waals surface area contributed by atoms with Crippen LogP contribution >= 0.6 is 0 Å². The van der Waals surface area contributed by atoms with Gasteiger partial charge < -0.3 is 22.6 Å². The first-order valence-electron chi connectivity index (χ1n) is 18.9. The number of hydrogen-bond acceptors (Lipinski definition) is 10. The van der Waals surface area contributed by atoms with Gasteiger partial charge in [0.15, 0.2) is 17.2 Å². The molecule has 6 rings (SSSR count). The lowest BCUT2D eigenvalue weighted by atomic mass is 9.79. The third kappa shape index (κ3) is 9.36. The molecule has 3 unspecified atom stereocenters. The average molecular weight is 918 g/mol. The SMILES string of the molecule is CCN1\C(=C/C=C/C=C/C2=[N+](CCCCCC(=O)O)c3ccc4c(OS(=O)O)cc(OS(=O)O)cc4c3C2(C)C)C(C)(C)c2c1ccc1c(OS(=O)O)cc(S(=O)(=O)O)cc21. The number of aliphatic carboxylic acids is 1. The molecule has 3 atom stereocenters. The zero-order valence-electron chi connectivity index (χ0n) is 33.7. The number of allylic oxidation sites excluding steroid dienone is 6. The molecule has 0 spiro atoms. The number of carboxylic acids is 1. The van der Waals surface area contributed by atoms with E-state index < -0.39 is 65.9 Å². The van der Waals surface area contributed by atoms with Crippen LogP contribution in [0.2, 0.25) is 0 Å². The Morgan fingerprint density at radius 1 is 0.770 bits per heavy atom. The van der Waals surface area contributed by atoms with E-state index in [0.29, 0.717) is 53.9 Å². The van der Waals surface area contributed by atoms with Gasteiger partial charge in [-0.2, -0.15) is 25.6 Å². The van der Waals surface area contributed by atoms with Crippen molar-refractivity contribution in [2.75, 3.05) is 18.0 Å². The van der Waals surface area contributed by atoms with Gasteiger partial charge in [-0.1, -0.05) is 32.1 Å². The number of unbranched alkanes of at least 4 members (excludes halogenated alkanes) is 2. The molecule has 4 aromatic carbocycles. The second-order valence-electron chi connectivity index (χ2n) is 15.4. The van der Waals surface area contributed by atoms with Gasteiger partial charge in [-0.15, -0.1) is 0 Å². The molecule has 0 aliphatic carbocycles. The van der Waals surface area contributed by atoms with Gasteiger partial charge in [0.25, 0.3) is 10.1 Å². The third-order valence-corrected chi connectivity index (χ3v) is 12.7. The molecule has 0 amide bonds. The summed E-state index contributed by atoms with van der Waals surface area (Å²) in [6.07, 6.45) is 11.4. The van der Waals surface area contributed by atoms with E-state index in [0.717, 1.165) is 40.0 Å². The van der Waals surface area contributed by atoms with E-state index >= 15 is 0 Å². The smallest absolute Gasteiger partial charge is 0.357 e. The Labute approximate surface area is 360 Å². The van der Waals surface area contributed by atoms with Crippen molar-refractivity contribution in [3.63, 3.8) is 0 Å². The second kappa shape index (κ2) is 17.9. The molecule has 2 heterocycles. The summed E-state index contributed by atoms with van der Waals surface area (Å²) >= 11 is -8.17. The third-order valence-electron chi connectivity index (χ3n) is 10.9. The van der Waals surface area contributed by atoms with Crippen molar-refractivity contribution in [3.05, 3.63) is 95.7 Å². The van der Waals surface area contributed by atoms with Gasteiger partial charge in [0.05, 0.1) is 10.3 Å². The summed E-state index contributed by atoms with van der Waals surface area (Å²) in [5, 5.41) is 11.0. The van der Waals surface area contributed by atoms with E-state index in [2.05, 4.69) is 9.48 Å². The highest BCUT2D eigenvalue weighted by molar-refractivity contribution is 7.85. The fraction of sp³-hybridized carbons (Fsp3) is 0.317. The van der Waals surface area contributed by atoms with Crippen molar-refractivity contribution in [1.29, 1.82) is 0 Å². The van der Waals surface area contributed by atoms with Gasteiger partial charge in [0.1, 0.15) is 12.3 Å². The minimum absolute atomic E-state index is 0.0297. The molecule has 0 saturated carbocycles. The number of carbonyl (C=O) groups is 1. The summed E-state index contributed by atoms with van der Waals surface area (Å²) in [4.78, 5) is 12.8. The fourth-order valence-electron chi connectivity index (χ4n) is 8.51. The normalized spacial score (nSPS) is 18.0. The van der Waals surface area contributed by atoms with Crippen LogP contribution in [0.15, 0.2) is 89.5 Å². The summed E-state index contributed by atoms with van der Waals surface area (Å²) in [6.45, 7) is 11.0. The summed E-state index contributed by atoms with van der Waals surface area (Å²) in [5.41, 5.74) is 3.42. The van der Waals surface area contributed by atoms with Crippen molar-refractivity contribution in [2.45, 2.75) is 76.0 Å². The Morgan fingerprint density at radius 3 is 2.00 bits per heavy atom. The average Bonchev–Trinajstić information content (AvgIpc) is 3.51. The van der Waals surface area contributed by atoms with E-state index in [9.17, 15) is 49.2 Å². The maximum absolute atomic E-state index is 12.3. The Kier molecular flexibility index (Phi) is 13.4. The summed E-state index contributed by atoms with van der Waals surface area (Å²) in [6, 6.07) is 12.3. The Morgan fingerprint density at radius 2 is 1.39 bits per heavy atom. The monoisotopic (exact) mass is 917 g/mol. The minimum atomic E-state index is -4.72. The summed E-state index contributed by atoms with van der Waals surface area (Å²) in [7, 11) is -4.72. The highest BCUT2D eigenvalue weighted by Gasteiger charge is 2.46. The van der Waals surface area contributed by atoms with Gasteiger partial charge in [0.2, 0.25) is 5.69 Å². The summed E-state index contributed by atoms with van der Waals surface area (Å²) < 4.78 is 116. The standard InChI is InChI=1S/C41H44N2O14S4/c1-6-42-31-18-16-28-30(23-26(61(52,53)54)24-34(28)57-60(50)51)39(31)40(2,3)35(42)13-9-7-10-14-36-41(4,5)38-29-21-25(55-58(46)47)22-33(56-59(48)49)27(29)17-19-32(38)43(36)20-12-8-11-15-37(44)45/h7,9-10,13-14,16-19,21-24H,6,8,11-12,15,20H2,1-5H3,(H4-,44,45,46,47,48,49,50,51,52,53,54)/p+1. The van der Waals surface area contributed by atoms with Crippen LogP contribution < -0.4 is 17.4 Å². The molecule has 2 aliphatic heterocycles. The van der Waals surface area contributed by atoms with E-state index in [4.69, 9.17) is 12.5 Å². The number of fused-ring (bicyclic) bond motifs is 6. The molecule has 5 N–H and O–H groups in total. The topological polar surface area (TPSA) is 238 Å². The van der Waals surface area contributed by atoms with Crippen LogP contribution in [-0.4, -0.2) is 73.7 Å². The zero-order chi connectivity index (χ0) is 44.6. The van der Waals surface area contributed by atoms with Crippen molar-refractivity contribution in [1.82, 2.24) is 0 Å². The maximum atomic E-state index is 12.3. The van der Waals surface area contributed by atoms with Crippen LogP contribution in [0.25, 0.3) is 21.5 Å². The molecule has 0 radical (unpaired) electrons. The minimum Gasteiger partial charge on any atom is -0.481 e. The molecular weight excluding hydrogens is 873 g/mol. The van der Waals surface area contributed by atoms with Crippen LogP contribution in [0.1, 0.15) is 71.4 Å². The van der Waals surface area contributed by atoms with Gasteiger partial charge in [-0.05, 0) is 81.0 Å². The molecule has 61 heavy (non-hydrogen) atoms. The number of benzene rings is 4. The van der Waals surface area contributed by atoms with E-state index in [1.54, 1.807) is 18.2 Å². The highest BCUT2D eigenvalue weighted by atomic mass is 32.2. The lowest BCUT2D eigenvalue weighted by Gasteiger charge is -2.26. The maximum Gasteiger partial charge on any atom is 0.357 e. The van der Waals surface area contributed by atoms with Crippen LogP contribution in [0, 0.1) is 0 Å². The molecule has 0 saturated heterocycles. The molecule has 16 nitrogen and oxygen atoms in total. The predicted molar refractivity (Wildman–Crippen MR) is 233 cm³/mol. The fourth-order valence-corrected chi connectivity index (χ4v) is 9.88. The number of hydrogen-bond donors (Lipinski definition) is 5. The number of anilines is 1. The van der Waals surface area contributed by atoms with Crippen molar-refractivity contribution in [2.24, 2.45) is 0 Å². The molecule has 20 heteroatoms. The van der Waals surface area contributed by atoms with Crippen molar-refractivity contribution >= 4 is 88.8 Å². The first kappa shape index (κ1) is 45.7. The molecule has 2 aliphatic rings. The van der Waals surface area contributed by atoms with Crippen LogP contribution in [0.5, 0.6) is 17.2 Å². The Hall–Kier alpha value is -4.80. The van der Waals surface area contributed by atoms with Crippen molar-refractivity contribution in [3.8, 4) is 17.2 Å². The second-order valence-corrected chi connectivity index (χ2v) is 18.6. The molecule has 0 fully saturated rings. The predicted octanol–water partition coefficient (Wildman–Crippen LogP) is 7.62. The first-order chi connectivity index (χ1) is 28.7. The van der Waals surface area contributed by atoms with E-state index in [-0.39, 0.29) is 23.7 Å². The number of nitrogens with zero attached hydrogens (tertiary/aromatic N) is 2. The molecular formula is C41H45N2O14S4+. The number of rotatable bonds is 17. The van der Waals surface area contributed by atoms with Crippen molar-refractivity contribution < 1.29 is 66.3 Å². The first-order valence-corrected chi connectivity index (χ1v) is 23.5. The van der Waals surface area contributed by atoms with E-state index in [1.165, 1.54) is 12.1 Å². The highest BCUT2D eigenvalue weighted by Crippen LogP contribution is 2.52. The van der Waals surface area contributed by atoms with Gasteiger partial charge >= 0.3 is 40.1 Å². The van der Waals surface area contributed by atoms with Crippen LogP contribution in [0.4, 0.5) is 11.4 Å². The van der Waals surface area contributed by atoms with E-state index in [1.807, 2.05) is 77.1 Å². The largest absolute Gasteiger partial charge is 0.481 e. The molecule has 326 valence electrons. The summed E-state index contributed by atoms with van der Waals surface area (Å²) in [5.74, 6) is -1.14. The Bertz CT molecular complexity index is 2760. The van der Waals surface area contributed by atoms with Gasteiger partial charge in [0, 0.05) is 82.2 Å². The number of likely N-dealkylation sites (N-methyl/N-ethyl adjacent to an activating group) is 1. The Balaban J connectivity index is 1.41. The van der Waals surface area contributed by atoms with Gasteiger partial charge in [-0.3, -0.25) is 23.0 Å². The number of carboxylic acid groups (broad SMARTS) is 1. The molecule has 0 aromatic heterocycles. The van der Waals surface area contributed by atoms with Gasteiger partial charge in [-0.25, -0.2) is 0 Å². The zero-order valence-corrected chi connectivity index (χ0v) is 37.0.